The number of benzene rings is 1. The maximum Gasteiger partial charge on any atom is 0.267 e. The second-order valence-electron chi connectivity index (χ2n) is 5.50. The highest BCUT2D eigenvalue weighted by Gasteiger charge is 2.18. The molecular weight excluding hydrogens is 293 g/mol. The molecule has 1 amide bonds. The van der Waals surface area contributed by atoms with Gasteiger partial charge in [-0.1, -0.05) is 12.1 Å². The molecule has 0 unspecified atom stereocenters. The van der Waals surface area contributed by atoms with Gasteiger partial charge in [0.1, 0.15) is 11.5 Å². The summed E-state index contributed by atoms with van der Waals surface area (Å²) in [7, 11) is 0. The third kappa shape index (κ3) is 2.50. The minimum atomic E-state index is -0.286. The molecule has 1 aromatic carbocycles. The Kier molecular flexibility index (Phi) is 3.19. The summed E-state index contributed by atoms with van der Waals surface area (Å²) in [6, 6.07) is 12.0. The molecule has 0 atom stereocenters. The molecule has 1 aliphatic rings. The Morgan fingerprint density at radius 2 is 2.00 bits per heavy atom. The average molecular weight is 307 g/mol. The molecule has 0 spiro atoms. The van der Waals surface area contributed by atoms with E-state index in [0.29, 0.717) is 17.9 Å². The first-order valence-electron chi connectivity index (χ1n) is 7.41. The van der Waals surface area contributed by atoms with Gasteiger partial charge in [0.25, 0.3) is 5.91 Å². The number of carbonyl (C=O) groups excluding carboxylic acids is 1. The Balaban J connectivity index is 1.76. The van der Waals surface area contributed by atoms with E-state index in [0.717, 1.165) is 23.2 Å². The van der Waals surface area contributed by atoms with Crippen molar-refractivity contribution in [3.8, 4) is 22.4 Å². The molecule has 5 heteroatoms. The second-order valence-corrected chi connectivity index (χ2v) is 5.50. The largest absolute Gasteiger partial charge is 0.349 e. The van der Waals surface area contributed by atoms with Gasteiger partial charge in [0.15, 0.2) is 0 Å². The van der Waals surface area contributed by atoms with Crippen molar-refractivity contribution in [3.05, 3.63) is 66.4 Å². The van der Waals surface area contributed by atoms with E-state index >= 15 is 0 Å². The van der Waals surface area contributed by atoms with E-state index in [1.54, 1.807) is 12.3 Å². The maximum absolute atomic E-state index is 13.4. The molecule has 0 saturated carbocycles. The summed E-state index contributed by atoms with van der Waals surface area (Å²) in [6.45, 7) is 1.41. The zero-order valence-corrected chi connectivity index (χ0v) is 12.3. The highest BCUT2D eigenvalue weighted by molar-refractivity contribution is 5.95. The summed E-state index contributed by atoms with van der Waals surface area (Å²) in [4.78, 5) is 16.2. The summed E-state index contributed by atoms with van der Waals surface area (Å²) < 4.78 is 15.4. The van der Waals surface area contributed by atoms with E-state index in [2.05, 4.69) is 10.3 Å². The number of carbonyl (C=O) groups is 1. The zero-order valence-electron chi connectivity index (χ0n) is 12.3. The summed E-state index contributed by atoms with van der Waals surface area (Å²) in [5.41, 5.74) is 4.01. The molecule has 3 heterocycles. The standard InChI is InChI=1S/C18H14FN3O/c19-15-3-1-2-13(8-15)16-9-12(4-5-20-16)14-10-17-18(23)21-6-7-22(17)11-14/h1-5,8-11H,6-7H2,(H,21,23). The minimum Gasteiger partial charge on any atom is -0.349 e. The van der Waals surface area contributed by atoms with Crippen molar-refractivity contribution in [2.45, 2.75) is 6.54 Å². The van der Waals surface area contributed by atoms with E-state index in [9.17, 15) is 9.18 Å². The van der Waals surface area contributed by atoms with Crippen LogP contribution in [0, 0.1) is 5.82 Å². The highest BCUT2D eigenvalue weighted by Crippen LogP contribution is 2.27. The number of nitrogens with zero attached hydrogens (tertiary/aromatic N) is 2. The number of fused-ring (bicyclic) bond motifs is 1. The van der Waals surface area contributed by atoms with Crippen LogP contribution in [0.15, 0.2) is 54.9 Å². The molecule has 0 saturated heterocycles. The number of hydrogen-bond acceptors (Lipinski definition) is 2. The van der Waals surface area contributed by atoms with E-state index < -0.39 is 0 Å². The van der Waals surface area contributed by atoms with Gasteiger partial charge in [-0.15, -0.1) is 0 Å². The van der Waals surface area contributed by atoms with Crippen molar-refractivity contribution in [3.63, 3.8) is 0 Å². The van der Waals surface area contributed by atoms with Crippen molar-refractivity contribution >= 4 is 5.91 Å². The minimum absolute atomic E-state index is 0.0538. The molecular formula is C18H14FN3O. The Morgan fingerprint density at radius 1 is 1.09 bits per heavy atom. The number of nitrogens with one attached hydrogen (secondary N) is 1. The molecule has 0 radical (unpaired) electrons. The van der Waals surface area contributed by atoms with Crippen LogP contribution in [-0.2, 0) is 6.54 Å². The summed E-state index contributed by atoms with van der Waals surface area (Å²) >= 11 is 0. The summed E-state index contributed by atoms with van der Waals surface area (Å²) in [5.74, 6) is -0.340. The summed E-state index contributed by atoms with van der Waals surface area (Å²) in [6.07, 6.45) is 3.67. The molecule has 0 fully saturated rings. The highest BCUT2D eigenvalue weighted by atomic mass is 19.1. The van der Waals surface area contributed by atoms with E-state index in [-0.39, 0.29) is 11.7 Å². The Morgan fingerprint density at radius 3 is 2.83 bits per heavy atom. The van der Waals surface area contributed by atoms with Gasteiger partial charge in [-0.3, -0.25) is 9.78 Å². The zero-order chi connectivity index (χ0) is 15.8. The van der Waals surface area contributed by atoms with Gasteiger partial charge >= 0.3 is 0 Å². The maximum atomic E-state index is 13.4. The number of hydrogen-bond donors (Lipinski definition) is 1. The number of rotatable bonds is 2. The monoisotopic (exact) mass is 307 g/mol. The molecule has 1 aliphatic heterocycles. The Labute approximate surface area is 132 Å². The van der Waals surface area contributed by atoms with Crippen LogP contribution in [0.4, 0.5) is 4.39 Å². The van der Waals surface area contributed by atoms with Crippen molar-refractivity contribution in [1.82, 2.24) is 14.9 Å². The molecule has 0 aliphatic carbocycles. The topological polar surface area (TPSA) is 46.9 Å². The lowest BCUT2D eigenvalue weighted by molar-refractivity contribution is 0.0928. The predicted octanol–water partition coefficient (Wildman–Crippen LogP) is 3.10. The third-order valence-corrected chi connectivity index (χ3v) is 3.98. The number of halogens is 1. The molecule has 4 rings (SSSR count). The van der Waals surface area contributed by atoms with Gasteiger partial charge in [0.2, 0.25) is 0 Å². The molecule has 114 valence electrons. The van der Waals surface area contributed by atoms with Crippen LogP contribution in [0.2, 0.25) is 0 Å². The first-order chi connectivity index (χ1) is 11.2. The SMILES string of the molecule is O=C1NCCn2cc(-c3ccnc(-c4cccc(F)c4)c3)cc21. The van der Waals surface area contributed by atoms with Gasteiger partial charge in [0.05, 0.1) is 5.69 Å². The normalized spacial score (nSPS) is 13.5. The molecule has 23 heavy (non-hydrogen) atoms. The fraction of sp³-hybridized carbons (Fsp3) is 0.111. The van der Waals surface area contributed by atoms with E-state index in [1.807, 2.05) is 35.0 Å². The van der Waals surface area contributed by atoms with Crippen LogP contribution in [-0.4, -0.2) is 22.0 Å². The number of aromatic nitrogens is 2. The van der Waals surface area contributed by atoms with Crippen molar-refractivity contribution in [2.24, 2.45) is 0 Å². The molecule has 1 N–H and O–H groups in total. The molecule has 0 bridgehead atoms. The fourth-order valence-corrected chi connectivity index (χ4v) is 2.84. The van der Waals surface area contributed by atoms with Crippen LogP contribution in [0.5, 0.6) is 0 Å². The molecule has 2 aromatic heterocycles. The Hall–Kier alpha value is -2.95. The quantitative estimate of drug-likeness (QED) is 0.791. The summed E-state index contributed by atoms with van der Waals surface area (Å²) in [5, 5.41) is 2.83. The third-order valence-electron chi connectivity index (χ3n) is 3.98. The molecule has 3 aromatic rings. The predicted molar refractivity (Wildman–Crippen MR) is 85.4 cm³/mol. The average Bonchev–Trinajstić information content (AvgIpc) is 3.01. The second kappa shape index (κ2) is 5.35. The van der Waals surface area contributed by atoms with E-state index in [1.165, 1.54) is 12.1 Å². The van der Waals surface area contributed by atoms with Crippen molar-refractivity contribution in [2.75, 3.05) is 6.54 Å². The van der Waals surface area contributed by atoms with Gasteiger partial charge in [0, 0.05) is 36.6 Å². The fourth-order valence-electron chi connectivity index (χ4n) is 2.84. The lowest BCUT2D eigenvalue weighted by Crippen LogP contribution is -2.34. The van der Waals surface area contributed by atoms with Gasteiger partial charge in [-0.05, 0) is 35.9 Å². The van der Waals surface area contributed by atoms with Crippen molar-refractivity contribution < 1.29 is 9.18 Å². The lowest BCUT2D eigenvalue weighted by Gasteiger charge is -2.14. The van der Waals surface area contributed by atoms with Crippen LogP contribution in [0.3, 0.4) is 0 Å². The first-order valence-corrected chi connectivity index (χ1v) is 7.41. The van der Waals surface area contributed by atoms with Crippen LogP contribution < -0.4 is 5.32 Å². The van der Waals surface area contributed by atoms with Crippen molar-refractivity contribution in [1.29, 1.82) is 0 Å². The van der Waals surface area contributed by atoms with Crippen LogP contribution in [0.1, 0.15) is 10.5 Å². The smallest absolute Gasteiger partial charge is 0.267 e. The van der Waals surface area contributed by atoms with Crippen LogP contribution >= 0.6 is 0 Å². The van der Waals surface area contributed by atoms with E-state index in [4.69, 9.17) is 0 Å². The van der Waals surface area contributed by atoms with Gasteiger partial charge in [-0.25, -0.2) is 4.39 Å². The number of amides is 1. The first kappa shape index (κ1) is 13.7. The van der Waals surface area contributed by atoms with Gasteiger partial charge < -0.3 is 9.88 Å². The number of pyridine rings is 1. The van der Waals surface area contributed by atoms with Gasteiger partial charge in [-0.2, -0.15) is 0 Å². The molecule has 4 nitrogen and oxygen atoms in total. The van der Waals surface area contributed by atoms with Crippen LogP contribution in [0.25, 0.3) is 22.4 Å². The Bertz CT molecular complexity index is 901. The lowest BCUT2D eigenvalue weighted by atomic mass is 10.1.